The van der Waals surface area contributed by atoms with E-state index in [0.717, 1.165) is 55.7 Å². The summed E-state index contributed by atoms with van der Waals surface area (Å²) in [4.78, 5) is 23.7. The normalized spacial score (nSPS) is 12.3. The molecular weight excluding hydrogens is 668 g/mol. The van der Waals surface area contributed by atoms with Crippen LogP contribution in [0, 0.1) is 0 Å². The molecule has 53 heavy (non-hydrogen) atoms. The SMILES string of the molecule is C=C(C)Cc1cc(C(C)(C)c2cc(CC(=C)C)c(OCC(O)COC(=O)C(=C)C)c(CC(=C)C)c2)cc(CC(=C)C)c1OCC(O)COC(=O)C(=C)C. The van der Waals surface area contributed by atoms with Crippen LogP contribution in [0.5, 0.6) is 11.5 Å². The zero-order valence-electron chi connectivity index (χ0n) is 33.2. The fourth-order valence-electron chi connectivity index (χ4n) is 5.64. The Hall–Kier alpha value is -4.66. The first-order chi connectivity index (χ1) is 24.6. The highest BCUT2D eigenvalue weighted by Gasteiger charge is 2.29. The lowest BCUT2D eigenvalue weighted by Crippen LogP contribution is -2.27. The van der Waals surface area contributed by atoms with Crippen LogP contribution in [0.2, 0.25) is 0 Å². The summed E-state index contributed by atoms with van der Waals surface area (Å²) in [5.74, 6) is 0.141. The van der Waals surface area contributed by atoms with Crippen LogP contribution in [0.4, 0.5) is 0 Å². The van der Waals surface area contributed by atoms with Gasteiger partial charge in [-0.15, -0.1) is 0 Å². The molecule has 2 aromatic carbocycles. The third-order valence-electron chi connectivity index (χ3n) is 8.25. The largest absolute Gasteiger partial charge is 0.490 e. The number of aliphatic hydroxyl groups is 2. The van der Waals surface area contributed by atoms with Gasteiger partial charge in [0.2, 0.25) is 0 Å². The Labute approximate surface area is 317 Å². The first-order valence-corrected chi connectivity index (χ1v) is 17.8. The van der Waals surface area contributed by atoms with Gasteiger partial charge in [-0.25, -0.2) is 9.59 Å². The quantitative estimate of drug-likeness (QED) is 0.0710. The van der Waals surface area contributed by atoms with E-state index in [1.807, 2.05) is 27.7 Å². The van der Waals surface area contributed by atoms with E-state index in [1.165, 1.54) is 0 Å². The number of carbonyl (C=O) groups is 2. The Balaban J connectivity index is 2.67. The molecule has 2 aromatic rings. The molecule has 0 fully saturated rings. The average Bonchev–Trinajstić information content (AvgIpc) is 3.03. The third-order valence-corrected chi connectivity index (χ3v) is 8.25. The van der Waals surface area contributed by atoms with Gasteiger partial charge in [-0.1, -0.05) is 99.9 Å². The van der Waals surface area contributed by atoms with Gasteiger partial charge < -0.3 is 29.2 Å². The smallest absolute Gasteiger partial charge is 0.333 e. The molecule has 8 nitrogen and oxygen atoms in total. The molecule has 0 aliphatic heterocycles. The van der Waals surface area contributed by atoms with Crippen LogP contribution < -0.4 is 9.47 Å². The number of benzene rings is 2. The second-order valence-corrected chi connectivity index (χ2v) is 15.1. The molecule has 2 atom stereocenters. The Morgan fingerprint density at radius 1 is 0.547 bits per heavy atom. The topological polar surface area (TPSA) is 112 Å². The summed E-state index contributed by atoms with van der Waals surface area (Å²) in [6.07, 6.45) is 0.0839. The number of rotatable bonds is 22. The maximum absolute atomic E-state index is 11.9. The van der Waals surface area contributed by atoms with Crippen LogP contribution in [0.25, 0.3) is 0 Å². The summed E-state index contributed by atoms with van der Waals surface area (Å²) in [7, 11) is 0. The summed E-state index contributed by atoms with van der Waals surface area (Å²) < 4.78 is 22.9. The lowest BCUT2D eigenvalue weighted by Gasteiger charge is -2.31. The highest BCUT2D eigenvalue weighted by molar-refractivity contribution is 5.87. The van der Waals surface area contributed by atoms with Gasteiger partial charge in [0, 0.05) is 16.6 Å². The van der Waals surface area contributed by atoms with Crippen molar-refractivity contribution in [2.75, 3.05) is 26.4 Å². The van der Waals surface area contributed by atoms with Crippen molar-refractivity contribution in [3.63, 3.8) is 0 Å². The number of carbonyl (C=O) groups excluding carboxylic acids is 2. The van der Waals surface area contributed by atoms with Crippen molar-refractivity contribution in [1.29, 1.82) is 0 Å². The van der Waals surface area contributed by atoms with Crippen molar-refractivity contribution in [1.82, 2.24) is 0 Å². The molecule has 0 aromatic heterocycles. The van der Waals surface area contributed by atoms with Gasteiger partial charge >= 0.3 is 11.9 Å². The van der Waals surface area contributed by atoms with Crippen LogP contribution >= 0.6 is 0 Å². The van der Waals surface area contributed by atoms with Crippen molar-refractivity contribution in [3.05, 3.63) is 131 Å². The van der Waals surface area contributed by atoms with Gasteiger partial charge in [0.05, 0.1) is 0 Å². The molecule has 0 radical (unpaired) electrons. The Morgan fingerprint density at radius 2 is 0.811 bits per heavy atom. The predicted molar refractivity (Wildman–Crippen MR) is 214 cm³/mol. The molecule has 0 bridgehead atoms. The van der Waals surface area contributed by atoms with Gasteiger partial charge in [0.1, 0.15) is 50.1 Å². The van der Waals surface area contributed by atoms with Gasteiger partial charge in [0.25, 0.3) is 0 Å². The maximum Gasteiger partial charge on any atom is 0.333 e. The van der Waals surface area contributed by atoms with E-state index < -0.39 is 29.6 Å². The van der Waals surface area contributed by atoms with E-state index in [1.54, 1.807) is 13.8 Å². The molecule has 8 heteroatoms. The lowest BCUT2D eigenvalue weighted by atomic mass is 9.74. The monoisotopic (exact) mass is 728 g/mol. The van der Waals surface area contributed by atoms with Crippen molar-refractivity contribution in [3.8, 4) is 11.5 Å². The van der Waals surface area contributed by atoms with Gasteiger partial charge in [-0.3, -0.25) is 0 Å². The molecule has 0 amide bonds. The Bertz CT molecular complexity index is 1540. The van der Waals surface area contributed by atoms with Crippen LogP contribution in [-0.4, -0.2) is 60.8 Å². The highest BCUT2D eigenvalue weighted by atomic mass is 16.6. The maximum atomic E-state index is 11.9. The number of hydrogen-bond donors (Lipinski definition) is 2. The van der Waals surface area contributed by atoms with E-state index >= 15 is 0 Å². The van der Waals surface area contributed by atoms with Crippen LogP contribution in [0.1, 0.15) is 88.8 Å². The molecule has 0 heterocycles. The van der Waals surface area contributed by atoms with E-state index in [4.69, 9.17) is 18.9 Å². The fourth-order valence-corrected chi connectivity index (χ4v) is 5.64. The minimum Gasteiger partial charge on any atom is -0.490 e. The molecule has 288 valence electrons. The molecule has 0 saturated carbocycles. The van der Waals surface area contributed by atoms with Crippen molar-refractivity contribution in [2.24, 2.45) is 0 Å². The Kier molecular flexibility index (Phi) is 16.8. The zero-order chi connectivity index (χ0) is 40.2. The summed E-state index contributed by atoms with van der Waals surface area (Å²) in [6, 6.07) is 8.51. The first kappa shape index (κ1) is 44.5. The molecule has 2 unspecified atom stereocenters. The first-order valence-electron chi connectivity index (χ1n) is 17.8. The minimum absolute atomic E-state index is 0.0837. The van der Waals surface area contributed by atoms with Crippen molar-refractivity contribution >= 4 is 11.9 Å². The van der Waals surface area contributed by atoms with Gasteiger partial charge in [-0.2, -0.15) is 0 Å². The molecule has 0 saturated heterocycles. The molecule has 0 aliphatic carbocycles. The van der Waals surface area contributed by atoms with E-state index in [2.05, 4.69) is 77.6 Å². The Morgan fingerprint density at radius 3 is 1.04 bits per heavy atom. The summed E-state index contributed by atoms with van der Waals surface area (Å²) in [6.45, 7) is 38.5. The molecule has 2 N–H and O–H groups in total. The molecule has 2 rings (SSSR count). The van der Waals surface area contributed by atoms with Crippen molar-refractivity contribution in [2.45, 2.75) is 98.7 Å². The number of ether oxygens (including phenoxy) is 4. The van der Waals surface area contributed by atoms with E-state index in [-0.39, 0.29) is 37.6 Å². The van der Waals surface area contributed by atoms with E-state index in [9.17, 15) is 19.8 Å². The van der Waals surface area contributed by atoms with Crippen LogP contribution in [0.15, 0.2) is 97.2 Å². The number of hydrogen-bond acceptors (Lipinski definition) is 8. The third kappa shape index (κ3) is 14.0. The fraction of sp³-hybridized carbons (Fsp3) is 0.422. The highest BCUT2D eigenvalue weighted by Crippen LogP contribution is 2.41. The number of allylic oxidation sites excluding steroid dienone is 4. The average molecular weight is 729 g/mol. The van der Waals surface area contributed by atoms with Crippen molar-refractivity contribution < 1.29 is 38.7 Å². The summed E-state index contributed by atoms with van der Waals surface area (Å²) in [5, 5.41) is 21.3. The molecule has 0 spiro atoms. The van der Waals surface area contributed by atoms with Gasteiger partial charge in [0.15, 0.2) is 0 Å². The summed E-state index contributed by atoms with van der Waals surface area (Å²) >= 11 is 0. The number of esters is 2. The van der Waals surface area contributed by atoms with Crippen LogP contribution in [-0.2, 0) is 50.2 Å². The standard InChI is InChI=1S/C45H60O8/c1-27(2)15-33-19-37(20-34(16-28(3)4)41(33)50-23-39(46)25-52-43(48)31(9)10)45(13,14)38-21-35(17-29(5)6)42(36(22-38)18-30(7)8)51-24-40(47)26-53-44(49)32(11)12/h19-22,39-40,46-47H,1,3,5,7,9,11,15-18,23-26H2,2,4,6,8,10,12-14H3. The second kappa shape index (κ2) is 20.0. The number of aliphatic hydroxyl groups excluding tert-OH is 2. The predicted octanol–water partition coefficient (Wildman–Crippen LogP) is 8.20. The lowest BCUT2D eigenvalue weighted by molar-refractivity contribution is -0.143. The van der Waals surface area contributed by atoms with E-state index in [0.29, 0.717) is 37.2 Å². The zero-order valence-corrected chi connectivity index (χ0v) is 33.2. The summed E-state index contributed by atoms with van der Waals surface area (Å²) in [5.41, 5.74) is 9.47. The molecule has 0 aliphatic rings. The minimum atomic E-state index is -1.04. The second-order valence-electron chi connectivity index (χ2n) is 15.1. The molecular formula is C45H60O8. The van der Waals surface area contributed by atoms with Gasteiger partial charge in [-0.05, 0) is 101 Å². The van der Waals surface area contributed by atoms with Crippen LogP contribution in [0.3, 0.4) is 0 Å².